The molecule has 0 aliphatic carbocycles. The molecule has 0 saturated carbocycles. The zero-order chi connectivity index (χ0) is 11.7. The fraction of sp³-hybridized carbons (Fsp3) is 0.417. The molecule has 0 atom stereocenters. The van der Waals surface area contributed by atoms with Gasteiger partial charge in [0, 0.05) is 22.0 Å². The minimum atomic E-state index is 0.0278. The van der Waals surface area contributed by atoms with Gasteiger partial charge >= 0.3 is 0 Å². The number of ketones is 1. The Morgan fingerprint density at radius 3 is 2.75 bits per heavy atom. The van der Waals surface area contributed by atoms with Gasteiger partial charge in [-0.25, -0.2) is 0 Å². The summed E-state index contributed by atoms with van der Waals surface area (Å²) in [7, 11) is 0. The molecule has 1 aromatic rings. The van der Waals surface area contributed by atoms with Crippen molar-refractivity contribution in [2.24, 2.45) is 0 Å². The standard InChI is InChI=1S/C12H13BrO3/c1-7-11(8(2)14)9(13)6-10-12(7)16-5-3-4-15-10/h6H,3-5H2,1-2H3. The molecule has 1 aromatic carbocycles. The van der Waals surface area contributed by atoms with Crippen LogP contribution < -0.4 is 9.47 Å². The van der Waals surface area contributed by atoms with Crippen LogP contribution in [0, 0.1) is 6.92 Å². The Kier molecular flexibility index (Phi) is 3.19. The van der Waals surface area contributed by atoms with Crippen molar-refractivity contribution in [2.75, 3.05) is 13.2 Å². The zero-order valence-electron chi connectivity index (χ0n) is 9.30. The summed E-state index contributed by atoms with van der Waals surface area (Å²) in [4.78, 5) is 11.5. The Morgan fingerprint density at radius 1 is 1.38 bits per heavy atom. The summed E-state index contributed by atoms with van der Waals surface area (Å²) in [5.41, 5.74) is 1.52. The fourth-order valence-corrected chi connectivity index (χ4v) is 2.65. The summed E-state index contributed by atoms with van der Waals surface area (Å²) in [6, 6.07) is 1.81. The molecule has 1 heterocycles. The molecule has 1 aliphatic heterocycles. The number of Topliss-reactive ketones (excluding diaryl/α,β-unsaturated/α-hetero) is 1. The minimum Gasteiger partial charge on any atom is -0.490 e. The van der Waals surface area contributed by atoms with Crippen molar-refractivity contribution in [1.82, 2.24) is 0 Å². The van der Waals surface area contributed by atoms with Crippen LogP contribution >= 0.6 is 15.9 Å². The van der Waals surface area contributed by atoms with Crippen LogP contribution in [0.25, 0.3) is 0 Å². The van der Waals surface area contributed by atoms with Gasteiger partial charge in [-0.15, -0.1) is 0 Å². The number of carbonyl (C=O) groups excluding carboxylic acids is 1. The number of carbonyl (C=O) groups is 1. The summed E-state index contributed by atoms with van der Waals surface area (Å²) < 4.78 is 12.0. The van der Waals surface area contributed by atoms with Gasteiger partial charge in [0.15, 0.2) is 17.3 Å². The molecule has 0 bridgehead atoms. The predicted octanol–water partition coefficient (Wildman–Crippen LogP) is 3.12. The molecule has 4 heteroatoms. The van der Waals surface area contributed by atoms with Gasteiger partial charge in [-0.05, 0) is 35.8 Å². The summed E-state index contributed by atoms with van der Waals surface area (Å²) >= 11 is 3.40. The van der Waals surface area contributed by atoms with Gasteiger partial charge in [-0.3, -0.25) is 4.79 Å². The van der Waals surface area contributed by atoms with E-state index in [0.29, 0.717) is 30.3 Å². The number of halogens is 1. The molecule has 0 N–H and O–H groups in total. The van der Waals surface area contributed by atoms with E-state index in [9.17, 15) is 4.79 Å². The van der Waals surface area contributed by atoms with Crippen LogP contribution in [-0.4, -0.2) is 19.0 Å². The molecule has 0 saturated heterocycles. The van der Waals surface area contributed by atoms with Crippen molar-refractivity contribution < 1.29 is 14.3 Å². The van der Waals surface area contributed by atoms with Crippen LogP contribution in [0.5, 0.6) is 11.5 Å². The van der Waals surface area contributed by atoms with Crippen molar-refractivity contribution in [1.29, 1.82) is 0 Å². The van der Waals surface area contributed by atoms with Crippen molar-refractivity contribution in [3.05, 3.63) is 21.7 Å². The smallest absolute Gasteiger partial charge is 0.164 e. The topological polar surface area (TPSA) is 35.5 Å². The van der Waals surface area contributed by atoms with E-state index in [-0.39, 0.29) is 5.78 Å². The second kappa shape index (κ2) is 4.45. The van der Waals surface area contributed by atoms with E-state index in [1.54, 1.807) is 6.92 Å². The van der Waals surface area contributed by atoms with Crippen LogP contribution in [0.4, 0.5) is 0 Å². The maximum absolute atomic E-state index is 11.5. The number of ether oxygens (including phenoxy) is 2. The van der Waals surface area contributed by atoms with E-state index in [0.717, 1.165) is 16.5 Å². The van der Waals surface area contributed by atoms with E-state index in [1.165, 1.54) is 0 Å². The molecule has 16 heavy (non-hydrogen) atoms. The lowest BCUT2D eigenvalue weighted by Gasteiger charge is -2.14. The van der Waals surface area contributed by atoms with Crippen molar-refractivity contribution in [2.45, 2.75) is 20.3 Å². The van der Waals surface area contributed by atoms with E-state index < -0.39 is 0 Å². The summed E-state index contributed by atoms with van der Waals surface area (Å²) in [6.45, 7) is 4.72. The van der Waals surface area contributed by atoms with Gasteiger partial charge in [-0.1, -0.05) is 0 Å². The average Bonchev–Trinajstić information content (AvgIpc) is 2.42. The average molecular weight is 285 g/mol. The molecule has 86 valence electrons. The van der Waals surface area contributed by atoms with Gasteiger partial charge in [0.2, 0.25) is 0 Å². The SMILES string of the molecule is CC(=O)c1c(Br)cc2c(c1C)OCCCO2. The van der Waals surface area contributed by atoms with Gasteiger partial charge in [0.05, 0.1) is 13.2 Å². The Morgan fingerprint density at radius 2 is 2.06 bits per heavy atom. The summed E-state index contributed by atoms with van der Waals surface area (Å²) in [5, 5.41) is 0. The van der Waals surface area contributed by atoms with Crippen LogP contribution in [0.1, 0.15) is 29.3 Å². The Labute approximate surface area is 103 Å². The highest BCUT2D eigenvalue weighted by molar-refractivity contribution is 9.10. The molecule has 1 aliphatic rings. The predicted molar refractivity (Wildman–Crippen MR) is 64.5 cm³/mol. The Bertz CT molecular complexity index is 440. The van der Waals surface area contributed by atoms with Crippen LogP contribution in [0.2, 0.25) is 0 Å². The lowest BCUT2D eigenvalue weighted by molar-refractivity contribution is 0.101. The number of hydrogen-bond acceptors (Lipinski definition) is 3. The first-order valence-corrected chi connectivity index (χ1v) is 6.00. The fourth-order valence-electron chi connectivity index (χ4n) is 1.86. The lowest BCUT2D eigenvalue weighted by atomic mass is 10.0. The second-order valence-corrected chi connectivity index (χ2v) is 4.65. The van der Waals surface area contributed by atoms with E-state index in [2.05, 4.69) is 15.9 Å². The van der Waals surface area contributed by atoms with Crippen molar-refractivity contribution >= 4 is 21.7 Å². The first-order valence-electron chi connectivity index (χ1n) is 5.21. The molecule has 2 rings (SSSR count). The lowest BCUT2D eigenvalue weighted by Crippen LogP contribution is -2.02. The van der Waals surface area contributed by atoms with Crippen LogP contribution in [0.15, 0.2) is 10.5 Å². The first-order chi connectivity index (χ1) is 7.61. The highest BCUT2D eigenvalue weighted by Crippen LogP contribution is 2.39. The summed E-state index contributed by atoms with van der Waals surface area (Å²) in [6.07, 6.45) is 0.862. The monoisotopic (exact) mass is 284 g/mol. The van der Waals surface area contributed by atoms with Crippen LogP contribution in [0.3, 0.4) is 0 Å². The third kappa shape index (κ3) is 1.94. The zero-order valence-corrected chi connectivity index (χ0v) is 10.9. The molecule has 0 spiro atoms. The molecule has 0 aromatic heterocycles. The van der Waals surface area contributed by atoms with Gasteiger partial charge in [0.1, 0.15) is 0 Å². The molecule has 0 radical (unpaired) electrons. The highest BCUT2D eigenvalue weighted by atomic mass is 79.9. The molecule has 0 amide bonds. The second-order valence-electron chi connectivity index (χ2n) is 3.79. The van der Waals surface area contributed by atoms with Crippen molar-refractivity contribution in [3.63, 3.8) is 0 Å². The number of rotatable bonds is 1. The third-order valence-corrected chi connectivity index (χ3v) is 3.21. The molecule has 3 nitrogen and oxygen atoms in total. The number of fused-ring (bicyclic) bond motifs is 1. The maximum atomic E-state index is 11.5. The third-order valence-electron chi connectivity index (χ3n) is 2.58. The van der Waals surface area contributed by atoms with E-state index >= 15 is 0 Å². The summed E-state index contributed by atoms with van der Waals surface area (Å²) in [5.74, 6) is 1.44. The molecule has 0 unspecified atom stereocenters. The van der Waals surface area contributed by atoms with E-state index in [1.807, 2.05) is 13.0 Å². The molecule has 0 fully saturated rings. The van der Waals surface area contributed by atoms with Crippen LogP contribution in [-0.2, 0) is 0 Å². The van der Waals surface area contributed by atoms with Gasteiger partial charge < -0.3 is 9.47 Å². The van der Waals surface area contributed by atoms with Gasteiger partial charge in [-0.2, -0.15) is 0 Å². The number of hydrogen-bond donors (Lipinski definition) is 0. The Hall–Kier alpha value is -1.03. The first kappa shape index (κ1) is 11.5. The van der Waals surface area contributed by atoms with Gasteiger partial charge in [0.25, 0.3) is 0 Å². The van der Waals surface area contributed by atoms with E-state index in [4.69, 9.17) is 9.47 Å². The highest BCUT2D eigenvalue weighted by Gasteiger charge is 2.20. The Balaban J connectivity index is 2.60. The quantitative estimate of drug-likeness (QED) is 0.744. The normalized spacial score (nSPS) is 14.4. The number of benzene rings is 1. The van der Waals surface area contributed by atoms with Crippen molar-refractivity contribution in [3.8, 4) is 11.5 Å². The minimum absolute atomic E-state index is 0.0278. The largest absolute Gasteiger partial charge is 0.490 e. The molecular weight excluding hydrogens is 272 g/mol. The molecular formula is C12H13BrO3. The maximum Gasteiger partial charge on any atom is 0.164 e.